The Labute approximate surface area is 140 Å². The third-order valence-corrected chi connectivity index (χ3v) is 4.65. The molecule has 0 radical (unpaired) electrons. The Bertz CT molecular complexity index is 849. The molecule has 0 aliphatic carbocycles. The summed E-state index contributed by atoms with van der Waals surface area (Å²) >= 11 is 0. The van der Waals surface area contributed by atoms with E-state index in [1.165, 1.54) is 25.2 Å². The zero-order valence-electron chi connectivity index (χ0n) is 13.2. The Morgan fingerprint density at radius 2 is 1.79 bits per heavy atom. The summed E-state index contributed by atoms with van der Waals surface area (Å²) in [5.41, 5.74) is 0.981. The molecule has 0 unspecified atom stereocenters. The fourth-order valence-corrected chi connectivity index (χ4v) is 2.59. The van der Waals surface area contributed by atoms with Crippen LogP contribution >= 0.6 is 0 Å². The van der Waals surface area contributed by atoms with Crippen molar-refractivity contribution < 1.29 is 23.4 Å². The maximum Gasteiger partial charge on any atom is 0.256 e. The van der Waals surface area contributed by atoms with Crippen LogP contribution in [0.3, 0.4) is 0 Å². The minimum Gasteiger partial charge on any atom is -0.364 e. The summed E-state index contributed by atoms with van der Waals surface area (Å²) < 4.78 is 24.3. The van der Waals surface area contributed by atoms with Gasteiger partial charge < -0.3 is 15.5 Å². The van der Waals surface area contributed by atoms with E-state index in [2.05, 4.69) is 5.32 Å². The number of nitrogens with zero attached hydrogens (tertiary/aromatic N) is 1. The summed E-state index contributed by atoms with van der Waals surface area (Å²) in [4.78, 5) is 12.4. The van der Waals surface area contributed by atoms with Crippen molar-refractivity contribution in [1.82, 2.24) is 0 Å². The van der Waals surface area contributed by atoms with Gasteiger partial charge in [-0.1, -0.05) is 24.3 Å². The van der Waals surface area contributed by atoms with Crippen LogP contribution < -0.4 is 9.62 Å². The van der Waals surface area contributed by atoms with Gasteiger partial charge in [-0.25, -0.2) is 8.42 Å². The lowest BCUT2D eigenvalue weighted by Gasteiger charge is -2.18. The Kier molecular flexibility index (Phi) is 5.23. The molecule has 0 atom stereocenters. The summed E-state index contributed by atoms with van der Waals surface area (Å²) in [6, 6.07) is 12.4. The predicted octanol–water partition coefficient (Wildman–Crippen LogP) is 1.32. The summed E-state index contributed by atoms with van der Waals surface area (Å²) in [5.74, 6) is -0.530. The molecule has 0 bridgehead atoms. The predicted molar refractivity (Wildman–Crippen MR) is 91.3 cm³/mol. The molecule has 0 saturated carbocycles. The van der Waals surface area contributed by atoms with E-state index in [1.54, 1.807) is 30.3 Å². The van der Waals surface area contributed by atoms with Crippen LogP contribution in [-0.2, 0) is 10.0 Å². The second-order valence-electron chi connectivity index (χ2n) is 5.20. The number of carbonyl (C=O) groups is 1. The quantitative estimate of drug-likeness (QED) is 0.705. The number of nitrogens with one attached hydrogen (secondary N) is 1. The largest absolute Gasteiger partial charge is 0.364 e. The van der Waals surface area contributed by atoms with Crippen molar-refractivity contribution in [3.8, 4) is 0 Å². The monoisotopic (exact) mass is 350 g/mol. The Morgan fingerprint density at radius 3 is 2.42 bits per heavy atom. The van der Waals surface area contributed by atoms with E-state index in [-0.39, 0.29) is 11.1 Å². The van der Waals surface area contributed by atoms with E-state index in [1.807, 2.05) is 0 Å². The fourth-order valence-electron chi connectivity index (χ4n) is 2.10. The number of anilines is 2. The smallest absolute Gasteiger partial charge is 0.256 e. The van der Waals surface area contributed by atoms with Crippen molar-refractivity contribution in [2.24, 2.45) is 0 Å². The highest BCUT2D eigenvalue weighted by Crippen LogP contribution is 2.22. The number of sulfonamides is 1. The van der Waals surface area contributed by atoms with Crippen molar-refractivity contribution in [1.29, 1.82) is 0 Å². The standard InChI is InChI=1S/C16H18N2O5S/c1-18(24(2,22)23)12-7-5-6-11(10-12)17-15(19)13-8-3-4-9-14(13)16(20)21/h3-10,16,20-21H,1-2H3,(H,17,19). The average Bonchev–Trinajstić information content (AvgIpc) is 2.53. The van der Waals surface area contributed by atoms with E-state index < -0.39 is 22.2 Å². The molecule has 0 spiro atoms. The number of amides is 1. The molecular formula is C16H18N2O5S. The molecule has 2 aromatic rings. The number of hydrogen-bond donors (Lipinski definition) is 3. The van der Waals surface area contributed by atoms with E-state index in [0.29, 0.717) is 11.4 Å². The molecular weight excluding hydrogens is 332 g/mol. The van der Waals surface area contributed by atoms with Gasteiger partial charge in [-0.05, 0) is 24.3 Å². The highest BCUT2D eigenvalue weighted by atomic mass is 32.2. The minimum atomic E-state index is -3.42. The maximum atomic E-state index is 12.4. The average molecular weight is 350 g/mol. The van der Waals surface area contributed by atoms with Gasteiger partial charge >= 0.3 is 0 Å². The number of hydrogen-bond acceptors (Lipinski definition) is 5. The summed E-state index contributed by atoms with van der Waals surface area (Å²) in [5, 5.41) is 21.3. The van der Waals surface area contributed by atoms with Gasteiger partial charge in [-0.3, -0.25) is 9.10 Å². The molecule has 0 aromatic heterocycles. The number of aliphatic hydroxyl groups excluding tert-OH is 1. The van der Waals surface area contributed by atoms with E-state index in [9.17, 15) is 23.4 Å². The number of benzene rings is 2. The third kappa shape index (κ3) is 4.10. The zero-order chi connectivity index (χ0) is 17.9. The minimum absolute atomic E-state index is 0.0828. The molecule has 1 amide bonds. The SMILES string of the molecule is CN(c1cccc(NC(=O)c2ccccc2C(O)O)c1)S(C)(=O)=O. The lowest BCUT2D eigenvalue weighted by molar-refractivity contribution is -0.0429. The van der Waals surface area contributed by atoms with Gasteiger partial charge in [0.25, 0.3) is 5.91 Å². The highest BCUT2D eigenvalue weighted by Gasteiger charge is 2.16. The second-order valence-corrected chi connectivity index (χ2v) is 7.21. The van der Waals surface area contributed by atoms with Crippen LogP contribution in [0.15, 0.2) is 48.5 Å². The van der Waals surface area contributed by atoms with Gasteiger partial charge in [0.05, 0.1) is 11.9 Å². The van der Waals surface area contributed by atoms with Gasteiger partial charge in [0, 0.05) is 23.9 Å². The number of aliphatic hydroxyl groups is 2. The van der Waals surface area contributed by atoms with Gasteiger partial charge in [0.1, 0.15) is 0 Å². The van der Waals surface area contributed by atoms with Gasteiger partial charge in [0.2, 0.25) is 10.0 Å². The molecule has 0 fully saturated rings. The molecule has 0 aliphatic heterocycles. The number of carbonyl (C=O) groups excluding carboxylic acids is 1. The molecule has 3 N–H and O–H groups in total. The van der Waals surface area contributed by atoms with Gasteiger partial charge in [0.15, 0.2) is 6.29 Å². The first-order valence-corrected chi connectivity index (χ1v) is 8.85. The van der Waals surface area contributed by atoms with E-state index in [4.69, 9.17) is 0 Å². The number of rotatable bonds is 5. The highest BCUT2D eigenvalue weighted by molar-refractivity contribution is 7.92. The molecule has 24 heavy (non-hydrogen) atoms. The van der Waals surface area contributed by atoms with Gasteiger partial charge in [-0.2, -0.15) is 0 Å². The molecule has 2 rings (SSSR count). The first-order valence-electron chi connectivity index (χ1n) is 7.00. The topological polar surface area (TPSA) is 107 Å². The van der Waals surface area contributed by atoms with Crippen molar-refractivity contribution >= 4 is 27.3 Å². The molecule has 8 heteroatoms. The Hall–Kier alpha value is -2.42. The van der Waals surface area contributed by atoms with Crippen molar-refractivity contribution in [2.45, 2.75) is 6.29 Å². The molecule has 128 valence electrons. The molecule has 2 aromatic carbocycles. The first-order chi connectivity index (χ1) is 11.2. The van der Waals surface area contributed by atoms with Crippen molar-refractivity contribution in [3.63, 3.8) is 0 Å². The summed E-state index contributed by atoms with van der Waals surface area (Å²) in [6.45, 7) is 0. The van der Waals surface area contributed by atoms with Crippen LogP contribution in [-0.4, -0.2) is 37.8 Å². The summed E-state index contributed by atoms with van der Waals surface area (Å²) in [7, 11) is -2.01. The van der Waals surface area contributed by atoms with Crippen LogP contribution in [0, 0.1) is 0 Å². The van der Waals surface area contributed by atoms with Crippen LogP contribution in [0.5, 0.6) is 0 Å². The summed E-state index contributed by atoms with van der Waals surface area (Å²) in [6.07, 6.45) is -0.688. The zero-order valence-corrected chi connectivity index (χ0v) is 14.0. The molecule has 0 saturated heterocycles. The third-order valence-electron chi connectivity index (χ3n) is 3.45. The van der Waals surface area contributed by atoms with E-state index in [0.717, 1.165) is 10.6 Å². The van der Waals surface area contributed by atoms with Crippen LogP contribution in [0.4, 0.5) is 11.4 Å². The Balaban J connectivity index is 2.28. The lowest BCUT2D eigenvalue weighted by atomic mass is 10.1. The van der Waals surface area contributed by atoms with Crippen molar-refractivity contribution in [3.05, 3.63) is 59.7 Å². The van der Waals surface area contributed by atoms with Gasteiger partial charge in [-0.15, -0.1) is 0 Å². The molecule has 0 aliphatic rings. The Morgan fingerprint density at radius 1 is 1.12 bits per heavy atom. The lowest BCUT2D eigenvalue weighted by Crippen LogP contribution is -2.25. The molecule has 7 nitrogen and oxygen atoms in total. The maximum absolute atomic E-state index is 12.4. The second kappa shape index (κ2) is 7.00. The van der Waals surface area contributed by atoms with Crippen LogP contribution in [0.1, 0.15) is 22.2 Å². The van der Waals surface area contributed by atoms with E-state index >= 15 is 0 Å². The first kappa shape index (κ1) is 17.9. The normalized spacial score (nSPS) is 11.4. The van der Waals surface area contributed by atoms with Crippen LogP contribution in [0.25, 0.3) is 0 Å². The van der Waals surface area contributed by atoms with Crippen molar-refractivity contribution in [2.75, 3.05) is 22.9 Å². The van der Waals surface area contributed by atoms with Crippen LogP contribution in [0.2, 0.25) is 0 Å². The molecule has 0 heterocycles. The fraction of sp³-hybridized carbons (Fsp3) is 0.188.